The van der Waals surface area contributed by atoms with Crippen LogP contribution in [-0.4, -0.2) is 66.0 Å². The fraction of sp³-hybridized carbons (Fsp3) is 0.400. The van der Waals surface area contributed by atoms with Gasteiger partial charge < -0.3 is 15.9 Å². The van der Waals surface area contributed by atoms with Gasteiger partial charge in [0.15, 0.2) is 0 Å². The van der Waals surface area contributed by atoms with E-state index in [0.29, 0.717) is 28.0 Å². The van der Waals surface area contributed by atoms with Gasteiger partial charge >= 0.3 is 0 Å². The number of aliphatic hydroxyl groups excluding tert-OH is 2. The largest absolute Gasteiger partial charge is 0.404 e. The monoisotopic (exact) mass is 433 g/mol. The van der Waals surface area contributed by atoms with E-state index >= 15 is 0 Å². The Labute approximate surface area is 177 Å². The molecule has 0 spiro atoms. The Morgan fingerprint density at radius 2 is 2.13 bits per heavy atom. The summed E-state index contributed by atoms with van der Waals surface area (Å²) in [6.45, 7) is 2.16. The van der Waals surface area contributed by atoms with Crippen LogP contribution in [0.2, 0.25) is 0 Å². The SMILES string of the molecule is CCC(n1cc(-c2nc(C(C=NCC(O)CO)=CN)cn3nccc23)cn1)C(C)(F)F. The van der Waals surface area contributed by atoms with E-state index in [1.54, 1.807) is 36.1 Å². The molecule has 3 aromatic rings. The summed E-state index contributed by atoms with van der Waals surface area (Å²) in [5.74, 6) is -2.93. The highest BCUT2D eigenvalue weighted by Crippen LogP contribution is 2.32. The third-order valence-corrected chi connectivity index (χ3v) is 4.79. The summed E-state index contributed by atoms with van der Waals surface area (Å²) in [7, 11) is 0. The van der Waals surface area contributed by atoms with Gasteiger partial charge in [-0.2, -0.15) is 10.2 Å². The third kappa shape index (κ3) is 4.94. The molecule has 11 heteroatoms. The van der Waals surface area contributed by atoms with Crippen LogP contribution in [0.15, 0.2) is 42.0 Å². The Morgan fingerprint density at radius 3 is 2.77 bits per heavy atom. The topological polar surface area (TPSA) is 127 Å². The highest BCUT2D eigenvalue weighted by atomic mass is 19.3. The predicted molar refractivity (Wildman–Crippen MR) is 113 cm³/mol. The van der Waals surface area contributed by atoms with Crippen molar-refractivity contribution in [1.82, 2.24) is 24.4 Å². The van der Waals surface area contributed by atoms with Crippen molar-refractivity contribution in [3.63, 3.8) is 0 Å². The number of nitrogens with two attached hydrogens (primary N) is 1. The average Bonchev–Trinajstić information content (AvgIpc) is 3.39. The van der Waals surface area contributed by atoms with Gasteiger partial charge in [0.05, 0.1) is 54.8 Å². The van der Waals surface area contributed by atoms with Gasteiger partial charge in [-0.15, -0.1) is 0 Å². The van der Waals surface area contributed by atoms with Crippen LogP contribution in [0, 0.1) is 0 Å². The minimum absolute atomic E-state index is 0.00111. The van der Waals surface area contributed by atoms with Crippen LogP contribution in [0.1, 0.15) is 32.0 Å². The first-order valence-electron chi connectivity index (χ1n) is 9.76. The van der Waals surface area contributed by atoms with Gasteiger partial charge in [0.25, 0.3) is 5.92 Å². The molecular weight excluding hydrogens is 408 g/mol. The summed E-state index contributed by atoms with van der Waals surface area (Å²) in [6, 6.07) is 0.683. The lowest BCUT2D eigenvalue weighted by molar-refractivity contribution is -0.0384. The van der Waals surface area contributed by atoms with Crippen LogP contribution in [-0.2, 0) is 0 Å². The molecule has 31 heavy (non-hydrogen) atoms. The molecule has 3 rings (SSSR count). The lowest BCUT2D eigenvalue weighted by Crippen LogP contribution is -2.27. The second kappa shape index (κ2) is 9.31. The van der Waals surface area contributed by atoms with Crippen molar-refractivity contribution >= 4 is 17.3 Å². The second-order valence-corrected chi connectivity index (χ2v) is 7.18. The number of halogens is 2. The zero-order valence-corrected chi connectivity index (χ0v) is 17.2. The molecule has 166 valence electrons. The van der Waals surface area contributed by atoms with Gasteiger partial charge in [-0.05, 0) is 12.5 Å². The van der Waals surface area contributed by atoms with Gasteiger partial charge in [0.1, 0.15) is 6.04 Å². The van der Waals surface area contributed by atoms with Crippen molar-refractivity contribution in [2.75, 3.05) is 13.2 Å². The molecule has 9 nitrogen and oxygen atoms in total. The standard InChI is InChI=1S/C20H25F2N7O2/c1-3-18(20(2,21)22)29-10-14(8-26-29)19-17-4-5-25-28(17)11-16(27-19)13(6-23)7-24-9-15(31)12-30/h4-8,10-11,15,18,30-31H,3,9,12,23H2,1-2H3. The lowest BCUT2D eigenvalue weighted by atomic mass is 10.1. The number of hydrogen-bond donors (Lipinski definition) is 3. The Kier molecular flexibility index (Phi) is 6.76. The van der Waals surface area contributed by atoms with Crippen molar-refractivity contribution in [1.29, 1.82) is 0 Å². The highest BCUT2D eigenvalue weighted by Gasteiger charge is 2.34. The van der Waals surface area contributed by atoms with E-state index in [2.05, 4.69) is 20.2 Å². The fourth-order valence-corrected chi connectivity index (χ4v) is 3.21. The third-order valence-electron chi connectivity index (χ3n) is 4.79. The van der Waals surface area contributed by atoms with E-state index in [9.17, 15) is 13.9 Å². The van der Waals surface area contributed by atoms with Crippen LogP contribution < -0.4 is 5.73 Å². The van der Waals surface area contributed by atoms with Crippen molar-refractivity contribution in [2.24, 2.45) is 10.7 Å². The van der Waals surface area contributed by atoms with Gasteiger partial charge in [0, 0.05) is 36.7 Å². The van der Waals surface area contributed by atoms with Gasteiger partial charge in [0.2, 0.25) is 0 Å². The molecule has 0 aliphatic heterocycles. The molecule has 3 aromatic heterocycles. The van der Waals surface area contributed by atoms with Crippen molar-refractivity contribution in [3.05, 3.63) is 42.7 Å². The molecule has 2 unspecified atom stereocenters. The van der Waals surface area contributed by atoms with E-state index in [-0.39, 0.29) is 13.0 Å². The van der Waals surface area contributed by atoms with Crippen LogP contribution in [0.4, 0.5) is 8.78 Å². The van der Waals surface area contributed by atoms with Gasteiger partial charge in [-0.25, -0.2) is 18.3 Å². The van der Waals surface area contributed by atoms with Crippen molar-refractivity contribution in [2.45, 2.75) is 38.3 Å². The minimum Gasteiger partial charge on any atom is -0.404 e. The van der Waals surface area contributed by atoms with Crippen LogP contribution >= 0.6 is 0 Å². The van der Waals surface area contributed by atoms with E-state index in [1.807, 2.05) is 0 Å². The Balaban J connectivity index is 2.02. The summed E-state index contributed by atoms with van der Waals surface area (Å²) in [5, 5.41) is 26.7. The molecule has 0 aliphatic carbocycles. The second-order valence-electron chi connectivity index (χ2n) is 7.18. The molecule has 0 amide bonds. The molecule has 0 saturated carbocycles. The van der Waals surface area contributed by atoms with E-state index in [0.717, 1.165) is 6.92 Å². The lowest BCUT2D eigenvalue weighted by Gasteiger charge is -2.22. The quantitative estimate of drug-likeness (QED) is 0.443. The van der Waals surface area contributed by atoms with Gasteiger partial charge in [-0.1, -0.05) is 6.92 Å². The Bertz CT molecular complexity index is 1080. The van der Waals surface area contributed by atoms with Crippen LogP contribution in [0.5, 0.6) is 0 Å². The molecule has 4 N–H and O–H groups in total. The number of rotatable bonds is 9. The maximum absolute atomic E-state index is 13.9. The van der Waals surface area contributed by atoms with Crippen molar-refractivity contribution < 1.29 is 19.0 Å². The number of aliphatic hydroxyl groups is 2. The average molecular weight is 433 g/mol. The smallest absolute Gasteiger partial charge is 0.267 e. The minimum atomic E-state index is -2.93. The molecule has 0 aromatic carbocycles. The summed E-state index contributed by atoms with van der Waals surface area (Å²) in [5.41, 5.74) is 8.36. The summed E-state index contributed by atoms with van der Waals surface area (Å²) < 4.78 is 30.7. The molecule has 2 atom stereocenters. The molecular formula is C20H25F2N7O2. The maximum Gasteiger partial charge on any atom is 0.267 e. The number of hydrogen-bond acceptors (Lipinski definition) is 7. The number of nitrogens with zero attached hydrogens (tertiary/aromatic N) is 6. The maximum atomic E-state index is 13.9. The van der Waals surface area contributed by atoms with E-state index in [1.165, 1.54) is 23.3 Å². The summed E-state index contributed by atoms with van der Waals surface area (Å²) in [4.78, 5) is 8.71. The van der Waals surface area contributed by atoms with E-state index in [4.69, 9.17) is 10.8 Å². The molecule has 0 bridgehead atoms. The zero-order valence-electron chi connectivity index (χ0n) is 17.2. The number of alkyl halides is 2. The summed E-state index contributed by atoms with van der Waals surface area (Å²) >= 11 is 0. The first-order chi connectivity index (χ1) is 14.8. The number of fused-ring (bicyclic) bond motifs is 1. The fourth-order valence-electron chi connectivity index (χ4n) is 3.21. The Morgan fingerprint density at radius 1 is 1.35 bits per heavy atom. The number of allylic oxidation sites excluding steroid dienone is 1. The predicted octanol–water partition coefficient (Wildman–Crippen LogP) is 1.92. The molecule has 0 fully saturated rings. The van der Waals surface area contributed by atoms with Crippen LogP contribution in [0.25, 0.3) is 22.3 Å². The number of aliphatic imine (C=N–C) groups is 1. The Hall–Kier alpha value is -3.18. The van der Waals surface area contributed by atoms with Crippen LogP contribution in [0.3, 0.4) is 0 Å². The first-order valence-corrected chi connectivity index (χ1v) is 9.76. The zero-order chi connectivity index (χ0) is 22.6. The van der Waals surface area contributed by atoms with E-state index < -0.39 is 24.7 Å². The van der Waals surface area contributed by atoms with Crippen molar-refractivity contribution in [3.8, 4) is 11.3 Å². The number of aromatic nitrogens is 5. The molecule has 0 radical (unpaired) electrons. The molecule has 0 saturated heterocycles. The first kappa shape index (κ1) is 22.5. The molecule has 0 aliphatic rings. The highest BCUT2D eigenvalue weighted by molar-refractivity contribution is 6.09. The molecule has 3 heterocycles. The van der Waals surface area contributed by atoms with Gasteiger partial charge in [-0.3, -0.25) is 9.67 Å². The summed E-state index contributed by atoms with van der Waals surface area (Å²) in [6.07, 6.45) is 8.29. The normalized spacial score (nSPS) is 15.1.